The summed E-state index contributed by atoms with van der Waals surface area (Å²) < 4.78 is 5.88. The largest absolute Gasteiger partial charge is 0.490 e. The number of hydrogen-bond acceptors (Lipinski definition) is 5. The first-order valence-electron chi connectivity index (χ1n) is 8.84. The fourth-order valence-electron chi connectivity index (χ4n) is 3.00. The first kappa shape index (κ1) is 17.1. The molecule has 0 aliphatic heterocycles. The van der Waals surface area contributed by atoms with Crippen LogP contribution in [0.3, 0.4) is 0 Å². The lowest BCUT2D eigenvalue weighted by molar-refractivity contribution is 0.286. The zero-order valence-electron chi connectivity index (χ0n) is 14.8. The zero-order chi connectivity index (χ0) is 18.5. The third-order valence-corrected chi connectivity index (χ3v) is 4.40. The number of nitrogens with zero attached hydrogens (tertiary/aromatic N) is 3. The van der Waals surface area contributed by atoms with E-state index in [-0.39, 0.29) is 6.04 Å². The van der Waals surface area contributed by atoms with Crippen LogP contribution in [0.2, 0.25) is 0 Å². The van der Waals surface area contributed by atoms with Crippen molar-refractivity contribution in [3.63, 3.8) is 0 Å². The molecule has 1 aromatic carbocycles. The van der Waals surface area contributed by atoms with Gasteiger partial charge in [-0.3, -0.25) is 15.0 Å². The van der Waals surface area contributed by atoms with Crippen molar-refractivity contribution >= 4 is 10.8 Å². The van der Waals surface area contributed by atoms with Crippen molar-refractivity contribution in [2.24, 2.45) is 5.73 Å². The molecule has 0 spiro atoms. The number of nitrogens with two attached hydrogens (primary N) is 1. The van der Waals surface area contributed by atoms with Crippen LogP contribution in [0.4, 0.5) is 0 Å². The molecular formula is C22H20N4O. The molecule has 0 aliphatic carbocycles. The number of fused-ring (bicyclic) bond motifs is 1. The van der Waals surface area contributed by atoms with E-state index in [9.17, 15) is 0 Å². The third kappa shape index (κ3) is 4.27. The van der Waals surface area contributed by atoms with E-state index < -0.39 is 0 Å². The van der Waals surface area contributed by atoms with Crippen LogP contribution < -0.4 is 10.5 Å². The molecule has 4 aromatic rings. The minimum atomic E-state index is -0.0933. The number of hydrogen-bond donors (Lipinski definition) is 1. The molecule has 0 radical (unpaired) electrons. The minimum absolute atomic E-state index is 0.0933. The normalized spacial score (nSPS) is 12.0. The van der Waals surface area contributed by atoms with E-state index in [1.54, 1.807) is 24.8 Å². The Kier molecular flexibility index (Phi) is 5.03. The van der Waals surface area contributed by atoms with Gasteiger partial charge in [0.2, 0.25) is 0 Å². The van der Waals surface area contributed by atoms with Crippen LogP contribution in [0.5, 0.6) is 5.75 Å². The SMILES string of the molecule is N[C@H](COc1cncc(-c2ccc3cnccc3c2)c1)Cc1ccncc1. The summed E-state index contributed by atoms with van der Waals surface area (Å²) in [5, 5.41) is 2.26. The summed E-state index contributed by atoms with van der Waals surface area (Å²) in [6.07, 6.45) is 11.5. The Morgan fingerprint density at radius 2 is 1.63 bits per heavy atom. The van der Waals surface area contributed by atoms with Gasteiger partial charge in [0.1, 0.15) is 12.4 Å². The maximum atomic E-state index is 6.19. The van der Waals surface area contributed by atoms with E-state index in [2.05, 4.69) is 33.2 Å². The Balaban J connectivity index is 1.45. The number of ether oxygens (including phenoxy) is 1. The lowest BCUT2D eigenvalue weighted by Gasteiger charge is -2.14. The molecule has 134 valence electrons. The first-order valence-corrected chi connectivity index (χ1v) is 8.84. The molecule has 0 saturated carbocycles. The van der Waals surface area contributed by atoms with Crippen molar-refractivity contribution in [3.05, 3.63) is 85.2 Å². The molecule has 3 aromatic heterocycles. The molecule has 0 saturated heterocycles. The Bertz CT molecular complexity index is 1040. The average molecular weight is 356 g/mol. The standard InChI is InChI=1S/C22H20N4O/c23-21(9-16-3-6-24-7-4-16)15-27-22-11-20(13-26-14-22)17-1-2-19-12-25-8-5-18(19)10-17/h1-8,10-14,21H,9,15,23H2/t21-/m0/s1. The van der Waals surface area contributed by atoms with Crippen LogP contribution in [0.25, 0.3) is 21.9 Å². The van der Waals surface area contributed by atoms with Gasteiger partial charge in [-0.1, -0.05) is 12.1 Å². The van der Waals surface area contributed by atoms with Crippen LogP contribution in [0, 0.1) is 0 Å². The van der Waals surface area contributed by atoms with Gasteiger partial charge in [0.15, 0.2) is 0 Å². The van der Waals surface area contributed by atoms with E-state index >= 15 is 0 Å². The van der Waals surface area contributed by atoms with Gasteiger partial charge in [-0.2, -0.15) is 0 Å². The number of aromatic nitrogens is 3. The Morgan fingerprint density at radius 1 is 0.778 bits per heavy atom. The van der Waals surface area contributed by atoms with E-state index in [4.69, 9.17) is 10.5 Å². The van der Waals surface area contributed by atoms with Crippen molar-refractivity contribution < 1.29 is 4.74 Å². The predicted octanol–water partition coefficient (Wildman–Crippen LogP) is 3.64. The molecule has 0 unspecified atom stereocenters. The van der Waals surface area contributed by atoms with Gasteiger partial charge in [-0.05, 0) is 53.3 Å². The highest BCUT2D eigenvalue weighted by Gasteiger charge is 2.07. The zero-order valence-corrected chi connectivity index (χ0v) is 14.8. The molecule has 3 heterocycles. The summed E-state index contributed by atoms with van der Waals surface area (Å²) >= 11 is 0. The fraction of sp³-hybridized carbons (Fsp3) is 0.136. The summed E-state index contributed by atoms with van der Waals surface area (Å²) in [5.41, 5.74) is 9.44. The summed E-state index contributed by atoms with van der Waals surface area (Å²) in [5.74, 6) is 0.715. The van der Waals surface area contributed by atoms with Crippen LogP contribution in [0.15, 0.2) is 79.6 Å². The van der Waals surface area contributed by atoms with Crippen LogP contribution in [0.1, 0.15) is 5.56 Å². The fourth-order valence-corrected chi connectivity index (χ4v) is 3.00. The lowest BCUT2D eigenvalue weighted by atomic mass is 10.0. The third-order valence-electron chi connectivity index (χ3n) is 4.40. The minimum Gasteiger partial charge on any atom is -0.490 e. The Hall–Kier alpha value is -3.31. The van der Waals surface area contributed by atoms with E-state index in [0.717, 1.165) is 33.9 Å². The maximum Gasteiger partial charge on any atom is 0.138 e. The highest BCUT2D eigenvalue weighted by Crippen LogP contribution is 2.26. The quantitative estimate of drug-likeness (QED) is 0.571. The van der Waals surface area contributed by atoms with Crippen molar-refractivity contribution in [1.82, 2.24) is 15.0 Å². The topological polar surface area (TPSA) is 73.9 Å². The van der Waals surface area contributed by atoms with Crippen LogP contribution in [-0.4, -0.2) is 27.6 Å². The van der Waals surface area contributed by atoms with Gasteiger partial charge in [-0.25, -0.2) is 0 Å². The highest BCUT2D eigenvalue weighted by molar-refractivity contribution is 5.86. The summed E-state index contributed by atoms with van der Waals surface area (Å²) in [7, 11) is 0. The lowest BCUT2D eigenvalue weighted by Crippen LogP contribution is -2.30. The van der Waals surface area contributed by atoms with Crippen molar-refractivity contribution in [2.45, 2.75) is 12.5 Å². The molecule has 4 rings (SSSR count). The van der Waals surface area contributed by atoms with E-state index in [1.165, 1.54) is 0 Å². The van der Waals surface area contributed by atoms with E-state index in [0.29, 0.717) is 12.4 Å². The number of rotatable bonds is 6. The van der Waals surface area contributed by atoms with Crippen molar-refractivity contribution in [1.29, 1.82) is 0 Å². The summed E-state index contributed by atoms with van der Waals surface area (Å²) in [4.78, 5) is 12.5. The molecule has 5 heteroatoms. The Morgan fingerprint density at radius 3 is 2.52 bits per heavy atom. The molecule has 27 heavy (non-hydrogen) atoms. The van der Waals surface area contributed by atoms with Crippen molar-refractivity contribution in [2.75, 3.05) is 6.61 Å². The van der Waals surface area contributed by atoms with Gasteiger partial charge < -0.3 is 10.5 Å². The van der Waals surface area contributed by atoms with Gasteiger partial charge in [0, 0.05) is 48.0 Å². The Labute approximate surface area is 157 Å². The summed E-state index contributed by atoms with van der Waals surface area (Å²) in [6.45, 7) is 0.427. The second-order valence-electron chi connectivity index (χ2n) is 6.48. The van der Waals surface area contributed by atoms with Crippen LogP contribution >= 0.6 is 0 Å². The van der Waals surface area contributed by atoms with Gasteiger partial charge in [0.25, 0.3) is 0 Å². The second kappa shape index (κ2) is 7.93. The van der Waals surface area contributed by atoms with Gasteiger partial charge in [0.05, 0.1) is 6.20 Å². The predicted molar refractivity (Wildman–Crippen MR) is 106 cm³/mol. The van der Waals surface area contributed by atoms with Crippen molar-refractivity contribution in [3.8, 4) is 16.9 Å². The number of benzene rings is 1. The molecular weight excluding hydrogens is 336 g/mol. The monoisotopic (exact) mass is 356 g/mol. The molecule has 1 atom stereocenters. The van der Waals surface area contributed by atoms with Gasteiger partial charge >= 0.3 is 0 Å². The molecule has 5 nitrogen and oxygen atoms in total. The molecule has 2 N–H and O–H groups in total. The van der Waals surface area contributed by atoms with Crippen LogP contribution in [-0.2, 0) is 6.42 Å². The smallest absolute Gasteiger partial charge is 0.138 e. The first-order chi connectivity index (χ1) is 13.3. The van der Waals surface area contributed by atoms with E-state index in [1.807, 2.05) is 36.7 Å². The molecule has 0 aliphatic rings. The maximum absolute atomic E-state index is 6.19. The van der Waals surface area contributed by atoms with Gasteiger partial charge in [-0.15, -0.1) is 0 Å². The second-order valence-corrected chi connectivity index (χ2v) is 6.48. The highest BCUT2D eigenvalue weighted by atomic mass is 16.5. The average Bonchev–Trinajstić information content (AvgIpc) is 2.73. The molecule has 0 bridgehead atoms. The molecule has 0 amide bonds. The number of pyridine rings is 3. The molecule has 0 fully saturated rings. The summed E-state index contributed by atoms with van der Waals surface area (Å²) in [6, 6.07) is 14.1.